The highest BCUT2D eigenvalue weighted by molar-refractivity contribution is 6.41. The average molecular weight is 276 g/mol. The molecule has 0 aromatic carbocycles. The van der Waals surface area contributed by atoms with E-state index in [0.29, 0.717) is 10.7 Å². The lowest BCUT2D eigenvalue weighted by Gasteiger charge is -2.29. The van der Waals surface area contributed by atoms with Gasteiger partial charge in [-0.3, -0.25) is 4.79 Å². The van der Waals surface area contributed by atoms with Crippen LogP contribution < -0.4 is 11.1 Å². The van der Waals surface area contributed by atoms with Gasteiger partial charge in [0.05, 0.1) is 5.02 Å². The van der Waals surface area contributed by atoms with Crippen LogP contribution in [0.15, 0.2) is 6.07 Å². The van der Waals surface area contributed by atoms with Crippen LogP contribution in [-0.2, 0) is 0 Å². The van der Waals surface area contributed by atoms with Crippen LogP contribution in [0.25, 0.3) is 0 Å². The van der Waals surface area contributed by atoms with Crippen molar-refractivity contribution in [2.45, 2.75) is 37.8 Å². The number of hydrogen-bond donors (Lipinski definition) is 3. The summed E-state index contributed by atoms with van der Waals surface area (Å²) in [5.74, 6) is -0.207. The molecule has 1 aliphatic carbocycles. The lowest BCUT2D eigenvalue weighted by atomic mass is 9.91. The average Bonchev–Trinajstić information content (AvgIpc) is 2.63. The molecule has 0 spiro atoms. The van der Waals surface area contributed by atoms with Crippen molar-refractivity contribution in [3.8, 4) is 0 Å². The van der Waals surface area contributed by atoms with E-state index in [-0.39, 0.29) is 23.1 Å². The Balaban J connectivity index is 2.01. The maximum atomic E-state index is 11.9. The highest BCUT2D eigenvalue weighted by Crippen LogP contribution is 2.22. The van der Waals surface area contributed by atoms with E-state index >= 15 is 0 Å². The molecule has 1 heterocycles. The fraction of sp³-hybridized carbons (Fsp3) is 0.545. The number of rotatable bonds is 2. The second-order valence-electron chi connectivity index (χ2n) is 4.37. The molecule has 4 N–H and O–H groups in total. The zero-order chi connectivity index (χ0) is 12.4. The first-order valence-corrected chi connectivity index (χ1v) is 6.44. The van der Waals surface area contributed by atoms with Crippen LogP contribution in [0, 0.1) is 0 Å². The number of nitrogens with two attached hydrogens (primary N) is 1. The Hall–Kier alpha value is -0.710. The molecule has 94 valence electrons. The number of halogens is 2. The van der Waals surface area contributed by atoms with Gasteiger partial charge in [0.25, 0.3) is 5.91 Å². The van der Waals surface area contributed by atoms with Crippen LogP contribution in [0.1, 0.15) is 36.2 Å². The summed E-state index contributed by atoms with van der Waals surface area (Å²) >= 11 is 11.5. The first kappa shape index (κ1) is 12.7. The largest absolute Gasteiger partial charge is 0.346 e. The fourth-order valence-corrected chi connectivity index (χ4v) is 2.42. The summed E-state index contributed by atoms with van der Waals surface area (Å²) in [6, 6.07) is 1.60. The van der Waals surface area contributed by atoms with Crippen molar-refractivity contribution in [1.82, 2.24) is 10.3 Å². The quantitative estimate of drug-likeness (QED) is 0.775. The molecule has 1 aromatic rings. The van der Waals surface area contributed by atoms with Crippen LogP contribution in [0.2, 0.25) is 10.2 Å². The van der Waals surface area contributed by atoms with Gasteiger partial charge in [0.1, 0.15) is 10.8 Å². The summed E-state index contributed by atoms with van der Waals surface area (Å²) in [5.41, 5.74) is 6.34. The standard InChI is InChI=1S/C11H15Cl2N3O/c12-6-5-9(15-10(6)13)11(17)16-8-4-2-1-3-7(8)14/h5,7-8,15H,1-4,14H2,(H,16,17)/t7-,8-/m1/s1. The van der Waals surface area contributed by atoms with Crippen molar-refractivity contribution in [1.29, 1.82) is 0 Å². The summed E-state index contributed by atoms with van der Waals surface area (Å²) in [6.45, 7) is 0. The Kier molecular flexibility index (Phi) is 3.97. The molecule has 4 nitrogen and oxygen atoms in total. The highest BCUT2D eigenvalue weighted by Gasteiger charge is 2.24. The third-order valence-electron chi connectivity index (χ3n) is 3.11. The van der Waals surface area contributed by atoms with E-state index in [0.717, 1.165) is 25.7 Å². The second-order valence-corrected chi connectivity index (χ2v) is 5.16. The molecule has 1 aliphatic rings. The molecule has 1 saturated carbocycles. The maximum absolute atomic E-state index is 11.9. The summed E-state index contributed by atoms with van der Waals surface area (Å²) in [7, 11) is 0. The van der Waals surface area contributed by atoms with E-state index in [2.05, 4.69) is 10.3 Å². The fourth-order valence-electron chi connectivity index (χ4n) is 2.11. The Morgan fingerprint density at radius 3 is 2.71 bits per heavy atom. The first-order chi connectivity index (χ1) is 8.08. The number of amides is 1. The van der Waals surface area contributed by atoms with E-state index in [1.807, 2.05) is 0 Å². The third kappa shape index (κ3) is 2.94. The van der Waals surface area contributed by atoms with Crippen LogP contribution in [0.3, 0.4) is 0 Å². The number of hydrogen-bond acceptors (Lipinski definition) is 2. The van der Waals surface area contributed by atoms with Crippen LogP contribution in [-0.4, -0.2) is 23.0 Å². The molecular weight excluding hydrogens is 261 g/mol. The van der Waals surface area contributed by atoms with Gasteiger partial charge in [-0.2, -0.15) is 0 Å². The predicted molar refractivity (Wildman–Crippen MR) is 68.5 cm³/mol. The molecular formula is C11H15Cl2N3O. The van der Waals surface area contributed by atoms with Crippen molar-refractivity contribution in [3.05, 3.63) is 21.9 Å². The maximum Gasteiger partial charge on any atom is 0.268 e. The van der Waals surface area contributed by atoms with E-state index in [9.17, 15) is 4.79 Å². The molecule has 6 heteroatoms. The SMILES string of the molecule is N[C@@H]1CCCC[C@H]1NC(=O)c1cc(Cl)c(Cl)[nH]1. The lowest BCUT2D eigenvalue weighted by molar-refractivity contribution is 0.0917. The molecule has 0 bridgehead atoms. The Bertz CT molecular complexity index is 399. The lowest BCUT2D eigenvalue weighted by Crippen LogP contribution is -2.49. The number of nitrogens with one attached hydrogen (secondary N) is 2. The number of carbonyl (C=O) groups excluding carboxylic acids is 1. The molecule has 1 amide bonds. The highest BCUT2D eigenvalue weighted by atomic mass is 35.5. The van der Waals surface area contributed by atoms with Gasteiger partial charge in [-0.1, -0.05) is 36.0 Å². The van der Waals surface area contributed by atoms with Gasteiger partial charge in [-0.05, 0) is 18.9 Å². The molecule has 0 radical (unpaired) electrons. The van der Waals surface area contributed by atoms with Gasteiger partial charge in [-0.25, -0.2) is 0 Å². The smallest absolute Gasteiger partial charge is 0.268 e. The van der Waals surface area contributed by atoms with Crippen LogP contribution >= 0.6 is 23.2 Å². The van der Waals surface area contributed by atoms with Crippen molar-refractivity contribution in [3.63, 3.8) is 0 Å². The molecule has 0 aliphatic heterocycles. The summed E-state index contributed by atoms with van der Waals surface area (Å²) in [6.07, 6.45) is 4.12. The molecule has 1 aromatic heterocycles. The third-order valence-corrected chi connectivity index (χ3v) is 3.80. The van der Waals surface area contributed by atoms with Gasteiger partial charge in [-0.15, -0.1) is 0 Å². The Morgan fingerprint density at radius 2 is 2.12 bits per heavy atom. The summed E-state index contributed by atoms with van der Waals surface area (Å²) < 4.78 is 0. The molecule has 2 rings (SSSR count). The van der Waals surface area contributed by atoms with Gasteiger partial charge < -0.3 is 16.0 Å². The van der Waals surface area contributed by atoms with Crippen LogP contribution in [0.4, 0.5) is 0 Å². The molecule has 0 saturated heterocycles. The number of carbonyl (C=O) groups is 1. The zero-order valence-corrected chi connectivity index (χ0v) is 10.8. The van der Waals surface area contributed by atoms with Crippen molar-refractivity contribution in [2.75, 3.05) is 0 Å². The second kappa shape index (κ2) is 5.29. The van der Waals surface area contributed by atoms with E-state index in [4.69, 9.17) is 28.9 Å². The van der Waals surface area contributed by atoms with Gasteiger partial charge >= 0.3 is 0 Å². The molecule has 2 atom stereocenters. The van der Waals surface area contributed by atoms with Crippen molar-refractivity contribution in [2.24, 2.45) is 5.73 Å². The minimum Gasteiger partial charge on any atom is -0.346 e. The molecule has 17 heavy (non-hydrogen) atoms. The van der Waals surface area contributed by atoms with E-state index in [1.54, 1.807) is 0 Å². The van der Waals surface area contributed by atoms with Gasteiger partial charge in [0.15, 0.2) is 0 Å². The number of aromatic nitrogens is 1. The van der Waals surface area contributed by atoms with Crippen molar-refractivity contribution < 1.29 is 4.79 Å². The van der Waals surface area contributed by atoms with Gasteiger partial charge in [0.2, 0.25) is 0 Å². The minimum atomic E-state index is -0.207. The van der Waals surface area contributed by atoms with Crippen LogP contribution in [0.5, 0.6) is 0 Å². The minimum absolute atomic E-state index is 0.0357. The normalized spacial score (nSPS) is 24.6. The number of H-pyrrole nitrogens is 1. The number of aromatic amines is 1. The topological polar surface area (TPSA) is 70.9 Å². The first-order valence-electron chi connectivity index (χ1n) is 5.68. The molecule has 0 unspecified atom stereocenters. The van der Waals surface area contributed by atoms with Crippen molar-refractivity contribution >= 4 is 29.1 Å². The zero-order valence-electron chi connectivity index (χ0n) is 9.30. The van der Waals surface area contributed by atoms with E-state index in [1.165, 1.54) is 6.07 Å². The van der Waals surface area contributed by atoms with E-state index < -0.39 is 0 Å². The Labute approximate surface area is 110 Å². The van der Waals surface area contributed by atoms with Gasteiger partial charge in [0, 0.05) is 12.1 Å². The predicted octanol–water partition coefficient (Wildman–Crippen LogP) is 2.32. The summed E-state index contributed by atoms with van der Waals surface area (Å²) in [4.78, 5) is 14.6. The summed E-state index contributed by atoms with van der Waals surface area (Å²) in [5, 5.41) is 3.55. The Morgan fingerprint density at radius 1 is 1.41 bits per heavy atom. The molecule has 1 fully saturated rings. The monoisotopic (exact) mass is 275 g/mol.